The van der Waals surface area contributed by atoms with Crippen molar-refractivity contribution in [2.45, 2.75) is 12.6 Å². The monoisotopic (exact) mass is 337 g/mol. The Labute approximate surface area is 145 Å². The molecule has 3 aromatic rings. The van der Waals surface area contributed by atoms with Crippen LogP contribution in [0.25, 0.3) is 5.82 Å². The highest BCUT2D eigenvalue weighted by atomic mass is 16.3. The average Bonchev–Trinajstić information content (AvgIpc) is 3.20. The summed E-state index contributed by atoms with van der Waals surface area (Å²) in [5.41, 5.74) is 1.75. The average molecular weight is 337 g/mol. The Hall–Kier alpha value is -3.19. The first-order chi connectivity index (χ1) is 12.3. The zero-order chi connectivity index (χ0) is 17.5. The Morgan fingerprint density at radius 3 is 2.72 bits per heavy atom. The lowest BCUT2D eigenvalue weighted by molar-refractivity contribution is 0.216. The maximum atomic E-state index is 12.1. The van der Waals surface area contributed by atoms with Crippen molar-refractivity contribution in [3.8, 4) is 5.82 Å². The third kappa shape index (κ3) is 4.42. The Kier molecular flexibility index (Phi) is 5.38. The molecule has 0 saturated heterocycles. The van der Waals surface area contributed by atoms with E-state index in [0.29, 0.717) is 12.4 Å². The Morgan fingerprint density at radius 1 is 1.16 bits per heavy atom. The molecule has 0 spiro atoms. The minimum absolute atomic E-state index is 0.170. The van der Waals surface area contributed by atoms with E-state index in [2.05, 4.69) is 20.7 Å². The fourth-order valence-electron chi connectivity index (χ4n) is 2.41. The predicted octanol–water partition coefficient (Wildman–Crippen LogP) is 1.80. The topological polar surface area (TPSA) is 92.1 Å². The number of aliphatic hydroxyl groups excluding tert-OH is 1. The lowest BCUT2D eigenvalue weighted by atomic mass is 10.1. The number of nitrogens with zero attached hydrogens (tertiary/aromatic N) is 3. The number of amides is 2. The number of hydrogen-bond donors (Lipinski definition) is 3. The van der Waals surface area contributed by atoms with Crippen molar-refractivity contribution in [3.05, 3.63) is 78.2 Å². The summed E-state index contributed by atoms with van der Waals surface area (Å²) in [6.07, 6.45) is 5.16. The van der Waals surface area contributed by atoms with Crippen LogP contribution in [0.5, 0.6) is 0 Å². The van der Waals surface area contributed by atoms with Gasteiger partial charge in [0, 0.05) is 25.1 Å². The molecule has 0 radical (unpaired) electrons. The van der Waals surface area contributed by atoms with Crippen molar-refractivity contribution in [2.75, 3.05) is 6.61 Å². The van der Waals surface area contributed by atoms with Gasteiger partial charge in [0.05, 0.1) is 12.6 Å². The van der Waals surface area contributed by atoms with Crippen LogP contribution in [0.4, 0.5) is 4.79 Å². The van der Waals surface area contributed by atoms with Gasteiger partial charge >= 0.3 is 6.03 Å². The SMILES string of the molecule is O=C(NCc1ccnc(-n2cccn2)c1)NC(CO)c1ccccc1. The summed E-state index contributed by atoms with van der Waals surface area (Å²) in [5.74, 6) is 0.683. The molecule has 25 heavy (non-hydrogen) atoms. The number of urea groups is 1. The van der Waals surface area contributed by atoms with Gasteiger partial charge in [0.15, 0.2) is 5.82 Å². The fourth-order valence-corrected chi connectivity index (χ4v) is 2.41. The van der Waals surface area contributed by atoms with Crippen molar-refractivity contribution >= 4 is 6.03 Å². The van der Waals surface area contributed by atoms with Gasteiger partial charge in [0.25, 0.3) is 0 Å². The van der Waals surface area contributed by atoms with Crippen LogP contribution in [-0.2, 0) is 6.54 Å². The molecule has 7 nitrogen and oxygen atoms in total. The zero-order valence-corrected chi connectivity index (χ0v) is 13.5. The van der Waals surface area contributed by atoms with Gasteiger partial charge in [-0.25, -0.2) is 14.5 Å². The van der Waals surface area contributed by atoms with E-state index in [1.165, 1.54) is 0 Å². The maximum absolute atomic E-state index is 12.1. The van der Waals surface area contributed by atoms with Gasteiger partial charge in [-0.1, -0.05) is 30.3 Å². The van der Waals surface area contributed by atoms with Crippen molar-refractivity contribution < 1.29 is 9.90 Å². The van der Waals surface area contributed by atoms with Crippen LogP contribution in [-0.4, -0.2) is 32.5 Å². The predicted molar refractivity (Wildman–Crippen MR) is 93.0 cm³/mol. The fraction of sp³-hybridized carbons (Fsp3) is 0.167. The largest absolute Gasteiger partial charge is 0.394 e. The quantitative estimate of drug-likeness (QED) is 0.639. The van der Waals surface area contributed by atoms with E-state index in [9.17, 15) is 9.90 Å². The zero-order valence-electron chi connectivity index (χ0n) is 13.5. The van der Waals surface area contributed by atoms with Crippen LogP contribution in [0.2, 0.25) is 0 Å². The molecule has 0 bridgehead atoms. The Balaban J connectivity index is 1.58. The highest BCUT2D eigenvalue weighted by Gasteiger charge is 2.13. The summed E-state index contributed by atoms with van der Waals surface area (Å²) in [5, 5.41) is 19.2. The summed E-state index contributed by atoms with van der Waals surface area (Å²) in [4.78, 5) is 16.4. The van der Waals surface area contributed by atoms with E-state index < -0.39 is 6.04 Å². The highest BCUT2D eigenvalue weighted by Crippen LogP contribution is 2.11. The molecular formula is C18H19N5O2. The first-order valence-electron chi connectivity index (χ1n) is 7.91. The van der Waals surface area contributed by atoms with Crippen LogP contribution in [0.3, 0.4) is 0 Å². The summed E-state index contributed by atoms with van der Waals surface area (Å²) >= 11 is 0. The first kappa shape index (κ1) is 16.7. The highest BCUT2D eigenvalue weighted by molar-refractivity contribution is 5.74. The molecule has 0 aliphatic carbocycles. The van der Waals surface area contributed by atoms with E-state index >= 15 is 0 Å². The van der Waals surface area contributed by atoms with E-state index in [0.717, 1.165) is 11.1 Å². The van der Waals surface area contributed by atoms with Crippen molar-refractivity contribution in [2.24, 2.45) is 0 Å². The molecule has 0 aliphatic rings. The van der Waals surface area contributed by atoms with Gasteiger partial charge in [0.1, 0.15) is 0 Å². The van der Waals surface area contributed by atoms with E-state index in [1.54, 1.807) is 23.3 Å². The van der Waals surface area contributed by atoms with Crippen LogP contribution in [0, 0.1) is 0 Å². The van der Waals surface area contributed by atoms with Gasteiger partial charge in [-0.05, 0) is 29.3 Å². The molecule has 1 atom stereocenters. The number of hydrogen-bond acceptors (Lipinski definition) is 4. The van der Waals surface area contributed by atoms with Gasteiger partial charge in [-0.15, -0.1) is 0 Å². The van der Waals surface area contributed by atoms with E-state index in [1.807, 2.05) is 48.5 Å². The molecule has 2 amide bonds. The second-order valence-corrected chi connectivity index (χ2v) is 5.45. The number of benzene rings is 1. The smallest absolute Gasteiger partial charge is 0.315 e. The van der Waals surface area contributed by atoms with E-state index in [-0.39, 0.29) is 12.6 Å². The number of pyridine rings is 1. The summed E-state index contributed by atoms with van der Waals surface area (Å²) in [7, 11) is 0. The Morgan fingerprint density at radius 2 is 2.00 bits per heavy atom. The third-order valence-corrected chi connectivity index (χ3v) is 3.69. The summed E-state index contributed by atoms with van der Waals surface area (Å²) in [6, 6.07) is 14.1. The van der Waals surface area contributed by atoms with Gasteiger partial charge in [0.2, 0.25) is 0 Å². The van der Waals surface area contributed by atoms with Crippen molar-refractivity contribution in [1.82, 2.24) is 25.4 Å². The summed E-state index contributed by atoms with van der Waals surface area (Å²) < 4.78 is 1.65. The lowest BCUT2D eigenvalue weighted by Gasteiger charge is -2.17. The minimum atomic E-state index is -0.446. The third-order valence-electron chi connectivity index (χ3n) is 3.69. The molecule has 0 fully saturated rings. The van der Waals surface area contributed by atoms with Gasteiger partial charge in [-0.3, -0.25) is 0 Å². The second-order valence-electron chi connectivity index (χ2n) is 5.45. The number of rotatable bonds is 6. The molecule has 3 N–H and O–H groups in total. The van der Waals surface area contributed by atoms with Crippen LogP contribution in [0.1, 0.15) is 17.2 Å². The summed E-state index contributed by atoms with van der Waals surface area (Å²) in [6.45, 7) is 0.172. The first-order valence-corrected chi connectivity index (χ1v) is 7.91. The Bertz CT molecular complexity index is 805. The molecule has 2 heterocycles. The molecule has 1 aromatic carbocycles. The number of carbonyl (C=O) groups is 1. The second kappa shape index (κ2) is 8.07. The molecular weight excluding hydrogens is 318 g/mol. The van der Waals surface area contributed by atoms with Crippen LogP contribution in [0.15, 0.2) is 67.1 Å². The molecule has 0 aliphatic heterocycles. The van der Waals surface area contributed by atoms with Crippen molar-refractivity contribution in [3.63, 3.8) is 0 Å². The number of nitrogens with one attached hydrogen (secondary N) is 2. The minimum Gasteiger partial charge on any atom is -0.394 e. The van der Waals surface area contributed by atoms with Gasteiger partial charge in [-0.2, -0.15) is 5.10 Å². The molecule has 7 heteroatoms. The molecule has 1 unspecified atom stereocenters. The molecule has 0 saturated carbocycles. The lowest BCUT2D eigenvalue weighted by Crippen LogP contribution is -2.38. The standard InChI is InChI=1S/C18H19N5O2/c24-13-16(15-5-2-1-3-6-15)22-18(25)20-12-14-7-9-19-17(11-14)23-10-4-8-21-23/h1-11,16,24H,12-13H2,(H2,20,22,25). The van der Waals surface area contributed by atoms with E-state index in [4.69, 9.17) is 0 Å². The number of carbonyl (C=O) groups excluding carboxylic acids is 1. The molecule has 3 rings (SSSR count). The molecule has 2 aromatic heterocycles. The number of aromatic nitrogens is 3. The van der Waals surface area contributed by atoms with Crippen LogP contribution < -0.4 is 10.6 Å². The molecule has 128 valence electrons. The van der Waals surface area contributed by atoms with Crippen LogP contribution >= 0.6 is 0 Å². The van der Waals surface area contributed by atoms with Crippen molar-refractivity contribution in [1.29, 1.82) is 0 Å². The number of aliphatic hydroxyl groups is 1. The maximum Gasteiger partial charge on any atom is 0.315 e. The van der Waals surface area contributed by atoms with Gasteiger partial charge < -0.3 is 15.7 Å². The normalized spacial score (nSPS) is 11.7.